The molecule has 21 heavy (non-hydrogen) atoms. The van der Waals surface area contributed by atoms with Crippen LogP contribution in [0.15, 0.2) is 29.4 Å². The standard InChI is InChI=1S/C16H19FN2O2/c17-13-7-5-12(6-8-13)14-11-15(21-18-14)16(20)19-9-3-1-2-4-10-19/h5-8,15H,1-4,9-11H2/t15-/m0/s1. The molecule has 1 aromatic rings. The monoisotopic (exact) mass is 290 g/mol. The Kier molecular flexibility index (Phi) is 4.18. The van der Waals surface area contributed by atoms with E-state index in [0.717, 1.165) is 31.5 Å². The molecule has 0 radical (unpaired) electrons. The quantitative estimate of drug-likeness (QED) is 0.840. The summed E-state index contributed by atoms with van der Waals surface area (Å²) in [7, 11) is 0. The molecule has 1 aromatic carbocycles. The fourth-order valence-electron chi connectivity index (χ4n) is 2.82. The Hall–Kier alpha value is -1.91. The molecular formula is C16H19FN2O2. The van der Waals surface area contributed by atoms with Crippen LogP contribution in [-0.4, -0.2) is 35.7 Å². The lowest BCUT2D eigenvalue weighted by molar-refractivity contribution is -0.142. The second-order valence-corrected chi connectivity index (χ2v) is 5.58. The number of benzene rings is 1. The molecule has 0 aliphatic carbocycles. The first-order chi connectivity index (χ1) is 10.2. The van der Waals surface area contributed by atoms with Crippen LogP contribution in [-0.2, 0) is 9.63 Å². The van der Waals surface area contributed by atoms with Crippen molar-refractivity contribution in [3.05, 3.63) is 35.6 Å². The van der Waals surface area contributed by atoms with Crippen LogP contribution in [0.2, 0.25) is 0 Å². The maximum atomic E-state index is 12.9. The zero-order valence-electron chi connectivity index (χ0n) is 11.9. The molecule has 0 unspecified atom stereocenters. The Labute approximate surface area is 123 Å². The van der Waals surface area contributed by atoms with Crippen molar-refractivity contribution in [2.24, 2.45) is 5.16 Å². The molecule has 2 heterocycles. The Bertz CT molecular complexity index is 534. The van der Waals surface area contributed by atoms with E-state index in [1.54, 1.807) is 12.1 Å². The highest BCUT2D eigenvalue weighted by Gasteiger charge is 2.32. The van der Waals surface area contributed by atoms with Crippen LogP contribution in [0.3, 0.4) is 0 Å². The molecule has 5 heteroatoms. The number of oxime groups is 1. The first kappa shape index (κ1) is 14.0. The van der Waals surface area contributed by atoms with Crippen LogP contribution in [0.25, 0.3) is 0 Å². The molecule has 112 valence electrons. The molecule has 4 nitrogen and oxygen atoms in total. The normalized spacial score (nSPS) is 22.4. The number of carbonyl (C=O) groups is 1. The van der Waals surface area contributed by atoms with E-state index in [1.807, 2.05) is 4.90 Å². The average molecular weight is 290 g/mol. The number of hydrogen-bond acceptors (Lipinski definition) is 3. The van der Waals surface area contributed by atoms with Crippen LogP contribution in [0.5, 0.6) is 0 Å². The van der Waals surface area contributed by atoms with E-state index in [9.17, 15) is 9.18 Å². The summed E-state index contributed by atoms with van der Waals surface area (Å²) < 4.78 is 12.9. The van der Waals surface area contributed by atoms with Crippen molar-refractivity contribution in [2.45, 2.75) is 38.2 Å². The van der Waals surface area contributed by atoms with Crippen molar-refractivity contribution in [3.8, 4) is 0 Å². The van der Waals surface area contributed by atoms with E-state index < -0.39 is 6.10 Å². The zero-order valence-corrected chi connectivity index (χ0v) is 11.9. The number of rotatable bonds is 2. The van der Waals surface area contributed by atoms with Crippen molar-refractivity contribution in [2.75, 3.05) is 13.1 Å². The Morgan fingerprint density at radius 3 is 2.48 bits per heavy atom. The second-order valence-electron chi connectivity index (χ2n) is 5.58. The van der Waals surface area contributed by atoms with E-state index in [1.165, 1.54) is 25.0 Å². The van der Waals surface area contributed by atoms with Crippen molar-refractivity contribution in [1.82, 2.24) is 4.90 Å². The highest BCUT2D eigenvalue weighted by atomic mass is 19.1. The summed E-state index contributed by atoms with van der Waals surface area (Å²) in [6.07, 6.45) is 4.43. The molecule has 3 rings (SSSR count). The number of likely N-dealkylation sites (tertiary alicyclic amines) is 1. The van der Waals surface area contributed by atoms with Crippen LogP contribution < -0.4 is 0 Å². The van der Waals surface area contributed by atoms with Gasteiger partial charge in [-0.2, -0.15) is 0 Å². The van der Waals surface area contributed by atoms with E-state index in [-0.39, 0.29) is 11.7 Å². The van der Waals surface area contributed by atoms with Gasteiger partial charge in [0.2, 0.25) is 6.10 Å². The van der Waals surface area contributed by atoms with Crippen LogP contribution >= 0.6 is 0 Å². The molecule has 0 saturated carbocycles. The van der Waals surface area contributed by atoms with E-state index in [4.69, 9.17) is 4.84 Å². The molecule has 0 aromatic heterocycles. The third-order valence-corrected chi connectivity index (χ3v) is 4.04. The molecule has 0 spiro atoms. The average Bonchev–Trinajstić information content (AvgIpc) is 2.83. The number of hydrogen-bond donors (Lipinski definition) is 0. The third-order valence-electron chi connectivity index (χ3n) is 4.04. The lowest BCUT2D eigenvalue weighted by Gasteiger charge is -2.22. The molecule has 1 atom stereocenters. The number of carbonyl (C=O) groups excluding carboxylic acids is 1. The Morgan fingerprint density at radius 1 is 1.14 bits per heavy atom. The topological polar surface area (TPSA) is 41.9 Å². The van der Waals surface area contributed by atoms with Gasteiger partial charge >= 0.3 is 0 Å². The minimum Gasteiger partial charge on any atom is -0.382 e. The molecule has 0 bridgehead atoms. The predicted octanol–water partition coefficient (Wildman–Crippen LogP) is 2.72. The number of amides is 1. The van der Waals surface area contributed by atoms with Gasteiger partial charge in [0.1, 0.15) is 5.82 Å². The number of nitrogens with zero attached hydrogens (tertiary/aromatic N) is 2. The van der Waals surface area contributed by atoms with Gasteiger partial charge in [-0.15, -0.1) is 0 Å². The lowest BCUT2D eigenvalue weighted by atomic mass is 10.0. The van der Waals surface area contributed by atoms with Crippen LogP contribution in [0.1, 0.15) is 37.7 Å². The predicted molar refractivity (Wildman–Crippen MR) is 77.5 cm³/mol. The van der Waals surface area contributed by atoms with Crippen molar-refractivity contribution in [3.63, 3.8) is 0 Å². The van der Waals surface area contributed by atoms with Crippen LogP contribution in [0.4, 0.5) is 4.39 Å². The largest absolute Gasteiger partial charge is 0.382 e. The van der Waals surface area contributed by atoms with Gasteiger partial charge in [-0.25, -0.2) is 4.39 Å². The van der Waals surface area contributed by atoms with Gasteiger partial charge in [-0.05, 0) is 30.5 Å². The summed E-state index contributed by atoms with van der Waals surface area (Å²) >= 11 is 0. The maximum Gasteiger partial charge on any atom is 0.266 e. The summed E-state index contributed by atoms with van der Waals surface area (Å²) in [6.45, 7) is 1.62. The third kappa shape index (κ3) is 3.23. The molecule has 1 saturated heterocycles. The van der Waals surface area contributed by atoms with Crippen molar-refractivity contribution < 1.29 is 14.0 Å². The summed E-state index contributed by atoms with van der Waals surface area (Å²) in [5.41, 5.74) is 1.52. The van der Waals surface area contributed by atoms with E-state index in [0.29, 0.717) is 12.1 Å². The first-order valence-corrected chi connectivity index (χ1v) is 7.51. The lowest BCUT2D eigenvalue weighted by Crippen LogP contribution is -2.39. The zero-order chi connectivity index (χ0) is 14.7. The van der Waals surface area contributed by atoms with Gasteiger partial charge in [0, 0.05) is 19.5 Å². The Morgan fingerprint density at radius 2 is 1.81 bits per heavy atom. The van der Waals surface area contributed by atoms with Crippen molar-refractivity contribution >= 4 is 11.6 Å². The molecule has 2 aliphatic heterocycles. The van der Waals surface area contributed by atoms with Gasteiger partial charge in [0.15, 0.2) is 0 Å². The van der Waals surface area contributed by atoms with E-state index >= 15 is 0 Å². The van der Waals surface area contributed by atoms with Gasteiger partial charge in [-0.3, -0.25) is 4.79 Å². The highest BCUT2D eigenvalue weighted by molar-refractivity contribution is 6.04. The molecular weight excluding hydrogens is 271 g/mol. The van der Waals surface area contributed by atoms with Gasteiger partial charge < -0.3 is 9.74 Å². The maximum absolute atomic E-state index is 12.9. The fraction of sp³-hybridized carbons (Fsp3) is 0.500. The first-order valence-electron chi connectivity index (χ1n) is 7.51. The SMILES string of the molecule is O=C([C@@H]1CC(c2ccc(F)cc2)=NO1)N1CCCCCC1. The smallest absolute Gasteiger partial charge is 0.266 e. The van der Waals surface area contributed by atoms with Gasteiger partial charge in [-0.1, -0.05) is 30.1 Å². The van der Waals surface area contributed by atoms with Crippen molar-refractivity contribution in [1.29, 1.82) is 0 Å². The summed E-state index contributed by atoms with van der Waals surface area (Å²) in [5, 5.41) is 4.00. The fourth-order valence-corrected chi connectivity index (χ4v) is 2.82. The highest BCUT2D eigenvalue weighted by Crippen LogP contribution is 2.20. The Balaban J connectivity index is 1.62. The molecule has 1 fully saturated rings. The molecule has 1 amide bonds. The van der Waals surface area contributed by atoms with E-state index in [2.05, 4.69) is 5.16 Å². The summed E-state index contributed by atoms with van der Waals surface area (Å²) in [6, 6.07) is 6.11. The van der Waals surface area contributed by atoms with Gasteiger partial charge in [0.25, 0.3) is 5.91 Å². The van der Waals surface area contributed by atoms with Crippen LogP contribution in [0, 0.1) is 5.82 Å². The summed E-state index contributed by atoms with van der Waals surface area (Å²) in [4.78, 5) is 19.7. The molecule has 2 aliphatic rings. The summed E-state index contributed by atoms with van der Waals surface area (Å²) in [5.74, 6) is -0.256. The minimum atomic E-state index is -0.525. The number of halogens is 1. The minimum absolute atomic E-state index is 0.0257. The second kappa shape index (κ2) is 6.24. The van der Waals surface area contributed by atoms with Gasteiger partial charge in [0.05, 0.1) is 5.71 Å². The molecule has 0 N–H and O–H groups in total.